The van der Waals surface area contributed by atoms with Crippen LogP contribution in [0.15, 0.2) is 206 Å². The van der Waals surface area contributed by atoms with Crippen molar-refractivity contribution < 1.29 is 61.9 Å². The highest BCUT2D eigenvalue weighted by atomic mass is 16.6. The Hall–Kier alpha value is -8.96. The lowest BCUT2D eigenvalue weighted by Gasteiger charge is -2.34. The number of hydrogen-bond donors (Lipinski definition) is 0. The molecule has 7 aromatic carbocycles. The molecule has 7 rings (SSSR count). The Kier molecular flexibility index (Phi) is 24.7. The van der Waals surface area contributed by atoms with Crippen LogP contribution in [0.4, 0.5) is 0 Å². The van der Waals surface area contributed by atoms with E-state index >= 15 is 0 Å². The maximum atomic E-state index is 14.8. The molecule has 1 atom stereocenters. The van der Waals surface area contributed by atoms with Crippen molar-refractivity contribution in [3.63, 3.8) is 0 Å². The predicted octanol–water partition coefficient (Wildman–Crippen LogP) is 8.34. The van der Waals surface area contributed by atoms with E-state index in [2.05, 4.69) is 0 Å². The van der Waals surface area contributed by atoms with Gasteiger partial charge < -0.3 is 33.2 Å². The first-order chi connectivity index (χ1) is 39.6. The summed E-state index contributed by atoms with van der Waals surface area (Å²) in [6.45, 7) is -1.30. The van der Waals surface area contributed by atoms with E-state index in [1.165, 1.54) is 0 Å². The third-order valence-corrected chi connectivity index (χ3v) is 12.7. The summed E-state index contributed by atoms with van der Waals surface area (Å²) in [6, 6.07) is 61.2. The molecular formula is C65H67N3O13. The van der Waals surface area contributed by atoms with Crippen LogP contribution in [0.2, 0.25) is 0 Å². The van der Waals surface area contributed by atoms with Crippen molar-refractivity contribution in [2.45, 2.75) is 52.1 Å². The van der Waals surface area contributed by atoms with Crippen LogP contribution in [0, 0.1) is 0 Å². The van der Waals surface area contributed by atoms with Gasteiger partial charge in [0.15, 0.2) is 6.61 Å². The Morgan fingerprint density at radius 2 is 0.593 bits per heavy atom. The number of benzene rings is 7. The average Bonchev–Trinajstić information content (AvgIpc) is 3.50. The first-order valence-corrected chi connectivity index (χ1v) is 26.7. The molecule has 0 fully saturated rings. The molecule has 0 amide bonds. The van der Waals surface area contributed by atoms with Gasteiger partial charge in [-0.25, -0.2) is 4.79 Å². The lowest BCUT2D eigenvalue weighted by atomic mass is 10.0. The molecule has 0 aliphatic rings. The minimum absolute atomic E-state index is 0.00694. The molecule has 0 saturated heterocycles. The van der Waals surface area contributed by atoms with Gasteiger partial charge in [-0.1, -0.05) is 194 Å². The van der Waals surface area contributed by atoms with E-state index in [4.69, 9.17) is 33.2 Å². The largest absolute Gasteiger partial charge is 0.482 e. The van der Waals surface area contributed by atoms with Crippen molar-refractivity contribution in [3.05, 3.63) is 245 Å². The van der Waals surface area contributed by atoms with Crippen molar-refractivity contribution >= 4 is 35.8 Å². The molecule has 16 heteroatoms. The molecule has 0 heterocycles. The van der Waals surface area contributed by atoms with Crippen molar-refractivity contribution in [1.82, 2.24) is 14.7 Å². The smallest absolute Gasteiger partial charge is 0.344 e. The molecule has 0 aliphatic heterocycles. The second kappa shape index (κ2) is 33.5. The molecule has 81 heavy (non-hydrogen) atoms. The first kappa shape index (κ1) is 59.7. The van der Waals surface area contributed by atoms with Gasteiger partial charge in [-0.15, -0.1) is 0 Å². The number of carbonyl (C=O) groups excluding carboxylic acids is 6. The van der Waals surface area contributed by atoms with Gasteiger partial charge in [0, 0.05) is 26.2 Å². The number of rotatable bonds is 33. The number of esters is 6. The molecule has 420 valence electrons. The molecule has 0 aliphatic carbocycles. The topological polar surface area (TPSA) is 177 Å². The van der Waals surface area contributed by atoms with Crippen molar-refractivity contribution in [1.29, 1.82) is 0 Å². The number of hydrogen-bond acceptors (Lipinski definition) is 16. The minimum atomic E-state index is -1.03. The Morgan fingerprint density at radius 1 is 0.309 bits per heavy atom. The summed E-state index contributed by atoms with van der Waals surface area (Å²) in [4.78, 5) is 86.9. The lowest BCUT2D eigenvalue weighted by molar-refractivity contribution is -0.154. The molecule has 16 nitrogen and oxygen atoms in total. The zero-order valence-electron chi connectivity index (χ0n) is 45.2. The van der Waals surface area contributed by atoms with E-state index in [-0.39, 0.29) is 105 Å². The molecular weight excluding hydrogens is 1030 g/mol. The van der Waals surface area contributed by atoms with Gasteiger partial charge in [0.1, 0.15) is 51.4 Å². The summed E-state index contributed by atoms with van der Waals surface area (Å²) in [5, 5.41) is 0. The highest BCUT2D eigenvalue weighted by Crippen LogP contribution is 2.19. The van der Waals surface area contributed by atoms with Crippen molar-refractivity contribution in [2.75, 3.05) is 59.0 Å². The van der Waals surface area contributed by atoms with Crippen LogP contribution >= 0.6 is 0 Å². The van der Waals surface area contributed by atoms with Crippen LogP contribution in [0.1, 0.15) is 38.9 Å². The van der Waals surface area contributed by atoms with Crippen LogP contribution < -0.4 is 4.74 Å². The lowest BCUT2D eigenvalue weighted by Crippen LogP contribution is -2.51. The fraction of sp³-hybridized carbons (Fsp3) is 0.262. The molecule has 0 unspecified atom stereocenters. The fourth-order valence-electron chi connectivity index (χ4n) is 8.31. The minimum Gasteiger partial charge on any atom is -0.482 e. The van der Waals surface area contributed by atoms with Crippen LogP contribution in [0.25, 0.3) is 0 Å². The molecule has 0 N–H and O–H groups in total. The fourth-order valence-corrected chi connectivity index (χ4v) is 8.31. The molecule has 0 bridgehead atoms. The standard InChI is InChI=1S/C65H67N3O13/c69-60(76-44-52-19-7-1-8-20-52)40-66(41-61(70)77-45-53-21-9-2-10-22-53)35-37-68(38-36-67(42-62(71)78-46-54-23-11-3-12-24-54)43-63(72)79-47-55-25-13-4-14-26-55)59(65(74)81-49-57-29-17-6-18-30-57)39-51-31-33-58(34-32-51)75-50-64(73)80-48-56-27-15-5-16-28-56/h1-34,59H,35-50H2/t59-/m0/s1. The zero-order valence-corrected chi connectivity index (χ0v) is 45.2. The Labute approximate surface area is 472 Å². The summed E-state index contributed by atoms with van der Waals surface area (Å²) in [5.41, 5.74) is 5.40. The first-order valence-electron chi connectivity index (χ1n) is 26.7. The summed E-state index contributed by atoms with van der Waals surface area (Å²) < 4.78 is 40.0. The van der Waals surface area contributed by atoms with E-state index in [9.17, 15) is 28.8 Å². The maximum Gasteiger partial charge on any atom is 0.344 e. The van der Waals surface area contributed by atoms with E-state index in [0.29, 0.717) is 11.3 Å². The van der Waals surface area contributed by atoms with Crippen molar-refractivity contribution in [2.24, 2.45) is 0 Å². The molecule has 7 aromatic rings. The Bertz CT molecular complexity index is 2760. The van der Waals surface area contributed by atoms with Gasteiger partial charge in [0.05, 0.1) is 26.2 Å². The van der Waals surface area contributed by atoms with E-state index in [1.807, 2.05) is 187 Å². The normalized spacial score (nSPS) is 11.3. The van der Waals surface area contributed by atoms with Crippen LogP contribution in [0.5, 0.6) is 5.75 Å². The van der Waals surface area contributed by atoms with Crippen molar-refractivity contribution in [3.8, 4) is 5.75 Å². The average molecular weight is 1100 g/mol. The van der Waals surface area contributed by atoms with E-state index in [1.54, 1.807) is 34.1 Å². The van der Waals surface area contributed by atoms with Gasteiger partial charge >= 0.3 is 35.8 Å². The monoisotopic (exact) mass is 1100 g/mol. The molecule has 0 aromatic heterocycles. The second-order valence-corrected chi connectivity index (χ2v) is 18.9. The van der Waals surface area contributed by atoms with Gasteiger partial charge in [-0.2, -0.15) is 0 Å². The number of carbonyl (C=O) groups is 6. The van der Waals surface area contributed by atoms with Crippen LogP contribution in [-0.4, -0.2) is 116 Å². The quantitative estimate of drug-likeness (QED) is 0.0283. The van der Waals surface area contributed by atoms with Gasteiger partial charge in [-0.05, 0) is 57.5 Å². The van der Waals surface area contributed by atoms with Gasteiger partial charge in [0.25, 0.3) is 0 Å². The van der Waals surface area contributed by atoms with Gasteiger partial charge in [0.2, 0.25) is 0 Å². The molecule has 0 radical (unpaired) electrons. The van der Waals surface area contributed by atoms with E-state index < -0.39 is 41.9 Å². The summed E-state index contributed by atoms with van der Waals surface area (Å²) in [5.74, 6) is -3.14. The van der Waals surface area contributed by atoms with Crippen LogP contribution in [0.3, 0.4) is 0 Å². The third kappa shape index (κ3) is 22.7. The van der Waals surface area contributed by atoms with Gasteiger partial charge in [-0.3, -0.25) is 38.7 Å². The molecule has 0 saturated carbocycles. The maximum absolute atomic E-state index is 14.8. The SMILES string of the molecule is O=C(COc1ccc(C[C@@H](C(=O)OCc2ccccc2)N(CCN(CC(=O)OCc2ccccc2)CC(=O)OCc2ccccc2)CCN(CC(=O)OCc2ccccc2)CC(=O)OCc2ccccc2)cc1)OCc1ccccc1. The highest BCUT2D eigenvalue weighted by molar-refractivity contribution is 5.77. The summed E-state index contributed by atoms with van der Waals surface area (Å²) in [7, 11) is 0. The van der Waals surface area contributed by atoms with Crippen LogP contribution in [-0.2, 0) is 103 Å². The second-order valence-electron chi connectivity index (χ2n) is 18.9. The highest BCUT2D eigenvalue weighted by Gasteiger charge is 2.31. The number of nitrogens with zero attached hydrogens (tertiary/aromatic N) is 3. The van der Waals surface area contributed by atoms with E-state index in [0.717, 1.165) is 33.4 Å². The third-order valence-electron chi connectivity index (χ3n) is 12.7. The molecule has 0 spiro atoms. The summed E-state index contributed by atoms with van der Waals surface area (Å²) in [6.07, 6.45) is 0.0868. The predicted molar refractivity (Wildman–Crippen MR) is 301 cm³/mol. The summed E-state index contributed by atoms with van der Waals surface area (Å²) >= 11 is 0. The Balaban J connectivity index is 1.15. The number of ether oxygens (including phenoxy) is 7. The Morgan fingerprint density at radius 3 is 0.901 bits per heavy atom. The zero-order chi connectivity index (χ0) is 56.7.